The molecule has 0 amide bonds. The Hall–Kier alpha value is -1.41. The van der Waals surface area contributed by atoms with Crippen molar-refractivity contribution in [3.8, 4) is 0 Å². The van der Waals surface area contributed by atoms with E-state index in [9.17, 15) is 0 Å². The molecule has 0 heterocycles. The first kappa shape index (κ1) is 14.0. The van der Waals surface area contributed by atoms with Crippen molar-refractivity contribution < 1.29 is 0 Å². The Balaban J connectivity index is 2.02. The third-order valence-electron chi connectivity index (χ3n) is 3.13. The van der Waals surface area contributed by atoms with Gasteiger partial charge in [0.05, 0.1) is 0 Å². The SMILES string of the molecule is CCCCc1ccc(Nc2cccc(SC)c2)cc1. The number of rotatable bonds is 6. The van der Waals surface area contributed by atoms with E-state index in [2.05, 4.69) is 67.0 Å². The molecule has 0 fully saturated rings. The van der Waals surface area contributed by atoms with Crippen LogP contribution in [0.15, 0.2) is 53.4 Å². The van der Waals surface area contributed by atoms with Gasteiger partial charge in [-0.15, -0.1) is 11.8 Å². The molecule has 0 bridgehead atoms. The van der Waals surface area contributed by atoms with Crippen molar-refractivity contribution in [2.75, 3.05) is 11.6 Å². The third kappa shape index (κ3) is 4.32. The minimum Gasteiger partial charge on any atom is -0.355 e. The molecule has 1 nitrogen and oxygen atoms in total. The van der Waals surface area contributed by atoms with Crippen LogP contribution in [0.5, 0.6) is 0 Å². The van der Waals surface area contributed by atoms with E-state index < -0.39 is 0 Å². The Kier molecular flexibility index (Phi) is 5.34. The van der Waals surface area contributed by atoms with E-state index in [1.165, 1.54) is 29.7 Å². The van der Waals surface area contributed by atoms with Gasteiger partial charge in [0.25, 0.3) is 0 Å². The molecular weight excluding hydrogens is 250 g/mol. The Bertz CT molecular complexity index is 505. The van der Waals surface area contributed by atoms with Gasteiger partial charge in [-0.3, -0.25) is 0 Å². The summed E-state index contributed by atoms with van der Waals surface area (Å²) in [5, 5.41) is 3.45. The first-order chi connectivity index (χ1) is 9.31. The van der Waals surface area contributed by atoms with Crippen LogP contribution in [0, 0.1) is 0 Å². The van der Waals surface area contributed by atoms with E-state index in [1.54, 1.807) is 11.8 Å². The van der Waals surface area contributed by atoms with Crippen molar-refractivity contribution in [2.45, 2.75) is 31.1 Å². The van der Waals surface area contributed by atoms with Gasteiger partial charge in [-0.2, -0.15) is 0 Å². The van der Waals surface area contributed by atoms with Crippen LogP contribution in [0.25, 0.3) is 0 Å². The maximum absolute atomic E-state index is 3.45. The topological polar surface area (TPSA) is 12.0 Å². The van der Waals surface area contributed by atoms with Crippen molar-refractivity contribution in [3.05, 3.63) is 54.1 Å². The highest BCUT2D eigenvalue weighted by Gasteiger charge is 1.97. The van der Waals surface area contributed by atoms with Crippen LogP contribution >= 0.6 is 11.8 Å². The van der Waals surface area contributed by atoms with Crippen LogP contribution < -0.4 is 5.32 Å². The number of hydrogen-bond acceptors (Lipinski definition) is 2. The van der Waals surface area contributed by atoms with Crippen LogP contribution in [0.1, 0.15) is 25.3 Å². The Morgan fingerprint density at radius 2 is 1.79 bits per heavy atom. The summed E-state index contributed by atoms with van der Waals surface area (Å²) in [6.45, 7) is 2.23. The molecule has 0 aliphatic carbocycles. The Labute approximate surface area is 120 Å². The highest BCUT2D eigenvalue weighted by Crippen LogP contribution is 2.22. The lowest BCUT2D eigenvalue weighted by Crippen LogP contribution is -1.91. The van der Waals surface area contributed by atoms with Crippen molar-refractivity contribution in [3.63, 3.8) is 0 Å². The zero-order valence-corrected chi connectivity index (χ0v) is 12.5. The Morgan fingerprint density at radius 3 is 2.47 bits per heavy atom. The third-order valence-corrected chi connectivity index (χ3v) is 3.86. The van der Waals surface area contributed by atoms with Gasteiger partial charge in [0.1, 0.15) is 0 Å². The van der Waals surface area contributed by atoms with E-state index in [4.69, 9.17) is 0 Å². The van der Waals surface area contributed by atoms with E-state index in [1.807, 2.05) is 0 Å². The second-order valence-electron chi connectivity index (χ2n) is 4.66. The number of hydrogen-bond donors (Lipinski definition) is 1. The van der Waals surface area contributed by atoms with Crippen molar-refractivity contribution in [1.82, 2.24) is 0 Å². The van der Waals surface area contributed by atoms with Crippen LogP contribution in [-0.2, 0) is 6.42 Å². The molecule has 0 radical (unpaired) electrons. The molecule has 0 atom stereocenters. The molecule has 0 aliphatic rings. The monoisotopic (exact) mass is 271 g/mol. The Morgan fingerprint density at radius 1 is 1.00 bits per heavy atom. The maximum atomic E-state index is 3.45. The summed E-state index contributed by atoms with van der Waals surface area (Å²) in [7, 11) is 0. The average Bonchev–Trinajstić information content (AvgIpc) is 2.47. The molecule has 1 N–H and O–H groups in total. The zero-order chi connectivity index (χ0) is 13.5. The lowest BCUT2D eigenvalue weighted by Gasteiger charge is -2.08. The fourth-order valence-corrected chi connectivity index (χ4v) is 2.46. The van der Waals surface area contributed by atoms with Gasteiger partial charge in [0.2, 0.25) is 0 Å². The molecule has 0 aromatic heterocycles. The van der Waals surface area contributed by atoms with Crippen molar-refractivity contribution in [1.29, 1.82) is 0 Å². The predicted octanol–water partition coefficient (Wildman–Crippen LogP) is 5.49. The van der Waals surface area contributed by atoms with Gasteiger partial charge in [-0.1, -0.05) is 31.5 Å². The molecule has 2 aromatic carbocycles. The highest BCUT2D eigenvalue weighted by atomic mass is 32.2. The number of anilines is 2. The molecule has 2 rings (SSSR count). The average molecular weight is 271 g/mol. The van der Waals surface area contributed by atoms with Crippen LogP contribution in [0.2, 0.25) is 0 Å². The van der Waals surface area contributed by atoms with Gasteiger partial charge in [-0.25, -0.2) is 0 Å². The molecule has 2 heteroatoms. The van der Waals surface area contributed by atoms with E-state index in [0.717, 1.165) is 11.4 Å². The summed E-state index contributed by atoms with van der Waals surface area (Å²) in [5.41, 5.74) is 3.72. The summed E-state index contributed by atoms with van der Waals surface area (Å²) in [5.74, 6) is 0. The minimum absolute atomic E-state index is 1.15. The fraction of sp³-hybridized carbons (Fsp3) is 0.294. The summed E-state index contributed by atoms with van der Waals surface area (Å²) >= 11 is 1.77. The largest absolute Gasteiger partial charge is 0.355 e. The summed E-state index contributed by atoms with van der Waals surface area (Å²) in [6.07, 6.45) is 5.80. The lowest BCUT2D eigenvalue weighted by molar-refractivity contribution is 0.795. The van der Waals surface area contributed by atoms with Gasteiger partial charge < -0.3 is 5.32 Å². The molecule has 0 spiro atoms. The summed E-state index contributed by atoms with van der Waals surface area (Å²) < 4.78 is 0. The van der Waals surface area contributed by atoms with Gasteiger partial charge in [0, 0.05) is 16.3 Å². The molecule has 100 valence electrons. The van der Waals surface area contributed by atoms with E-state index in [-0.39, 0.29) is 0 Å². The molecule has 0 saturated carbocycles. The number of nitrogens with one attached hydrogen (secondary N) is 1. The summed E-state index contributed by atoms with van der Waals surface area (Å²) in [4.78, 5) is 1.28. The number of benzene rings is 2. The second-order valence-corrected chi connectivity index (χ2v) is 5.54. The maximum Gasteiger partial charge on any atom is 0.0395 e. The predicted molar refractivity (Wildman–Crippen MR) is 86.6 cm³/mol. The minimum atomic E-state index is 1.15. The van der Waals surface area contributed by atoms with Crippen molar-refractivity contribution >= 4 is 23.1 Å². The first-order valence-corrected chi connectivity index (χ1v) is 8.04. The highest BCUT2D eigenvalue weighted by molar-refractivity contribution is 7.98. The smallest absolute Gasteiger partial charge is 0.0395 e. The van der Waals surface area contributed by atoms with E-state index in [0.29, 0.717) is 0 Å². The quantitative estimate of drug-likeness (QED) is 0.697. The molecule has 19 heavy (non-hydrogen) atoms. The second kappa shape index (κ2) is 7.25. The van der Waals surface area contributed by atoms with Crippen LogP contribution in [0.3, 0.4) is 0 Å². The van der Waals surface area contributed by atoms with Crippen LogP contribution in [-0.4, -0.2) is 6.26 Å². The van der Waals surface area contributed by atoms with Crippen molar-refractivity contribution in [2.24, 2.45) is 0 Å². The number of aryl methyl sites for hydroxylation is 1. The molecule has 2 aromatic rings. The summed E-state index contributed by atoms with van der Waals surface area (Å²) in [6, 6.07) is 17.3. The zero-order valence-electron chi connectivity index (χ0n) is 11.6. The first-order valence-electron chi connectivity index (χ1n) is 6.82. The van der Waals surface area contributed by atoms with Crippen LogP contribution in [0.4, 0.5) is 11.4 Å². The number of thioether (sulfide) groups is 1. The van der Waals surface area contributed by atoms with Gasteiger partial charge in [-0.05, 0) is 55.0 Å². The van der Waals surface area contributed by atoms with Gasteiger partial charge in [0.15, 0.2) is 0 Å². The number of unbranched alkanes of at least 4 members (excludes halogenated alkanes) is 1. The lowest BCUT2D eigenvalue weighted by atomic mass is 10.1. The fourth-order valence-electron chi connectivity index (χ4n) is 2.00. The standard InChI is InChI=1S/C17H21NS/c1-3-4-6-14-9-11-15(12-10-14)18-16-7-5-8-17(13-16)19-2/h5,7-13,18H,3-4,6H2,1-2H3. The molecule has 0 saturated heterocycles. The van der Waals surface area contributed by atoms with Gasteiger partial charge >= 0.3 is 0 Å². The molecule has 0 aliphatic heterocycles. The normalized spacial score (nSPS) is 10.4. The van der Waals surface area contributed by atoms with E-state index >= 15 is 0 Å². The molecule has 0 unspecified atom stereocenters. The molecular formula is C17H21NS.